The van der Waals surface area contributed by atoms with E-state index in [1.54, 1.807) is 24.3 Å². The molecule has 0 radical (unpaired) electrons. The Hall–Kier alpha value is -1.26. The molecule has 0 unspecified atom stereocenters. The zero-order valence-electron chi connectivity index (χ0n) is 11.2. The summed E-state index contributed by atoms with van der Waals surface area (Å²) in [5, 5.41) is 12.5. The van der Waals surface area contributed by atoms with E-state index in [-0.39, 0.29) is 37.5 Å². The molecule has 1 aromatic carbocycles. The second-order valence-electron chi connectivity index (χ2n) is 4.66. The minimum absolute atomic E-state index is 0.0570. The third kappa shape index (κ3) is 5.94. The highest BCUT2D eigenvalue weighted by Crippen LogP contribution is 2.17. The highest BCUT2D eigenvalue weighted by Gasteiger charge is 2.14. The Morgan fingerprint density at radius 3 is 2.79 bits per heavy atom. The zero-order chi connectivity index (χ0) is 14.3. The molecule has 1 aromatic rings. The normalized spacial score (nSPS) is 12.3. The average Bonchev–Trinajstić information content (AvgIpc) is 2.35. The summed E-state index contributed by atoms with van der Waals surface area (Å²) in [5.74, 6) is 0.709. The van der Waals surface area contributed by atoms with Gasteiger partial charge in [0.05, 0.1) is 25.7 Å². The van der Waals surface area contributed by atoms with Gasteiger partial charge in [-0.2, -0.15) is 0 Å². The van der Waals surface area contributed by atoms with E-state index in [0.29, 0.717) is 10.8 Å². The molecule has 4 nitrogen and oxygen atoms in total. The Labute approximate surface area is 118 Å². The van der Waals surface area contributed by atoms with Crippen molar-refractivity contribution in [3.05, 3.63) is 29.3 Å². The molecule has 5 heteroatoms. The van der Waals surface area contributed by atoms with Gasteiger partial charge in [0.1, 0.15) is 5.75 Å². The fraction of sp³-hybridized carbons (Fsp3) is 0.500. The van der Waals surface area contributed by atoms with Crippen molar-refractivity contribution in [3.63, 3.8) is 0 Å². The highest BCUT2D eigenvalue weighted by molar-refractivity contribution is 6.30. The summed E-state index contributed by atoms with van der Waals surface area (Å²) in [5.41, 5.74) is 0. The van der Waals surface area contributed by atoms with Crippen LogP contribution in [0.15, 0.2) is 24.3 Å². The topological polar surface area (TPSA) is 58.6 Å². The van der Waals surface area contributed by atoms with Crippen molar-refractivity contribution in [2.45, 2.75) is 26.3 Å². The van der Waals surface area contributed by atoms with Gasteiger partial charge in [-0.15, -0.1) is 0 Å². The number of hydrogen-bond acceptors (Lipinski definition) is 3. The summed E-state index contributed by atoms with van der Waals surface area (Å²) < 4.78 is 5.43. The average molecular weight is 286 g/mol. The Bertz CT molecular complexity index is 409. The summed E-state index contributed by atoms with van der Waals surface area (Å²) in [7, 11) is 0. The number of hydrogen-bond donors (Lipinski definition) is 2. The predicted octanol–water partition coefficient (Wildman–Crippen LogP) is 2.24. The van der Waals surface area contributed by atoms with Gasteiger partial charge in [0.15, 0.2) is 0 Å². The first-order valence-electron chi connectivity index (χ1n) is 6.31. The van der Waals surface area contributed by atoms with Crippen LogP contribution < -0.4 is 10.1 Å². The van der Waals surface area contributed by atoms with Crippen LogP contribution in [0.4, 0.5) is 0 Å². The number of rotatable bonds is 7. The molecule has 1 atom stereocenters. The van der Waals surface area contributed by atoms with Gasteiger partial charge in [-0.05, 0) is 24.1 Å². The van der Waals surface area contributed by atoms with Crippen molar-refractivity contribution >= 4 is 17.5 Å². The van der Waals surface area contributed by atoms with Crippen LogP contribution in [0.2, 0.25) is 5.02 Å². The highest BCUT2D eigenvalue weighted by atomic mass is 35.5. The lowest BCUT2D eigenvalue weighted by Gasteiger charge is -2.19. The first-order valence-corrected chi connectivity index (χ1v) is 6.69. The molecule has 0 heterocycles. The van der Waals surface area contributed by atoms with Crippen LogP contribution in [0.25, 0.3) is 0 Å². The lowest BCUT2D eigenvalue weighted by molar-refractivity contribution is -0.122. The first kappa shape index (κ1) is 15.8. The third-order valence-electron chi connectivity index (χ3n) is 2.74. The van der Waals surface area contributed by atoms with Crippen LogP contribution in [0.5, 0.6) is 5.75 Å². The maximum absolute atomic E-state index is 11.6. The van der Waals surface area contributed by atoms with Crippen LogP contribution in [0, 0.1) is 5.92 Å². The van der Waals surface area contributed by atoms with E-state index < -0.39 is 0 Å². The van der Waals surface area contributed by atoms with Crippen molar-refractivity contribution in [1.29, 1.82) is 0 Å². The number of benzene rings is 1. The lowest BCUT2D eigenvalue weighted by atomic mass is 10.1. The molecular weight excluding hydrogens is 266 g/mol. The molecule has 0 aliphatic heterocycles. The smallest absolute Gasteiger partial charge is 0.223 e. The maximum Gasteiger partial charge on any atom is 0.223 e. The molecule has 0 aliphatic rings. The van der Waals surface area contributed by atoms with Crippen LogP contribution in [-0.4, -0.2) is 30.3 Å². The Morgan fingerprint density at radius 1 is 1.47 bits per heavy atom. The van der Waals surface area contributed by atoms with E-state index in [9.17, 15) is 4.79 Å². The van der Waals surface area contributed by atoms with E-state index in [0.717, 1.165) is 0 Å². The van der Waals surface area contributed by atoms with Gasteiger partial charge in [0.2, 0.25) is 5.91 Å². The third-order valence-corrected chi connectivity index (χ3v) is 2.98. The number of halogens is 1. The Kier molecular flexibility index (Phi) is 6.67. The van der Waals surface area contributed by atoms with Gasteiger partial charge in [0.25, 0.3) is 0 Å². The van der Waals surface area contributed by atoms with E-state index >= 15 is 0 Å². The van der Waals surface area contributed by atoms with Crippen LogP contribution in [0.3, 0.4) is 0 Å². The van der Waals surface area contributed by atoms with Crippen molar-refractivity contribution in [2.24, 2.45) is 5.92 Å². The zero-order valence-corrected chi connectivity index (χ0v) is 12.0. The SMILES string of the molecule is CC(C)[C@@H](CO)NC(=O)CCOc1cccc(Cl)c1. The van der Waals surface area contributed by atoms with Crippen molar-refractivity contribution < 1.29 is 14.6 Å². The molecular formula is C14H20ClNO3. The minimum Gasteiger partial charge on any atom is -0.493 e. The molecule has 0 saturated carbocycles. The first-order chi connectivity index (χ1) is 9.02. The predicted molar refractivity (Wildman–Crippen MR) is 75.4 cm³/mol. The van der Waals surface area contributed by atoms with Gasteiger partial charge in [-0.25, -0.2) is 0 Å². The van der Waals surface area contributed by atoms with E-state index in [4.69, 9.17) is 21.4 Å². The summed E-state index contributed by atoms with van der Waals surface area (Å²) in [6.07, 6.45) is 0.246. The summed E-state index contributed by atoms with van der Waals surface area (Å²) >= 11 is 5.82. The molecule has 19 heavy (non-hydrogen) atoms. The van der Waals surface area contributed by atoms with Crippen molar-refractivity contribution in [1.82, 2.24) is 5.32 Å². The molecule has 106 valence electrons. The van der Waals surface area contributed by atoms with Gasteiger partial charge >= 0.3 is 0 Å². The lowest BCUT2D eigenvalue weighted by Crippen LogP contribution is -2.41. The maximum atomic E-state index is 11.6. The van der Waals surface area contributed by atoms with Crippen molar-refractivity contribution in [3.8, 4) is 5.75 Å². The summed E-state index contributed by atoms with van der Waals surface area (Å²) in [6, 6.07) is 6.82. The van der Waals surface area contributed by atoms with E-state index in [2.05, 4.69) is 5.32 Å². The van der Waals surface area contributed by atoms with E-state index in [1.807, 2.05) is 13.8 Å². The number of amides is 1. The van der Waals surface area contributed by atoms with Gasteiger partial charge < -0.3 is 15.2 Å². The largest absolute Gasteiger partial charge is 0.493 e. The van der Waals surface area contributed by atoms with E-state index in [1.165, 1.54) is 0 Å². The molecule has 0 spiro atoms. The fourth-order valence-corrected chi connectivity index (χ4v) is 1.70. The van der Waals surface area contributed by atoms with Gasteiger partial charge in [0, 0.05) is 5.02 Å². The summed E-state index contributed by atoms with van der Waals surface area (Å²) in [4.78, 5) is 11.6. The monoisotopic (exact) mass is 285 g/mol. The van der Waals surface area contributed by atoms with Gasteiger partial charge in [-0.3, -0.25) is 4.79 Å². The number of aliphatic hydroxyl groups excluding tert-OH is 1. The quantitative estimate of drug-likeness (QED) is 0.808. The number of carbonyl (C=O) groups excluding carboxylic acids is 1. The van der Waals surface area contributed by atoms with Crippen LogP contribution in [-0.2, 0) is 4.79 Å². The van der Waals surface area contributed by atoms with Crippen molar-refractivity contribution in [2.75, 3.05) is 13.2 Å². The number of carbonyl (C=O) groups is 1. The Morgan fingerprint density at radius 2 is 2.21 bits per heavy atom. The molecule has 0 aliphatic carbocycles. The Balaban J connectivity index is 2.31. The molecule has 1 rings (SSSR count). The molecule has 2 N–H and O–H groups in total. The minimum atomic E-state index is -0.210. The molecule has 0 aromatic heterocycles. The molecule has 1 amide bonds. The molecule has 0 saturated heterocycles. The second-order valence-corrected chi connectivity index (χ2v) is 5.09. The van der Waals surface area contributed by atoms with Gasteiger partial charge in [-0.1, -0.05) is 31.5 Å². The fourth-order valence-electron chi connectivity index (χ4n) is 1.52. The van der Waals surface area contributed by atoms with Crippen LogP contribution >= 0.6 is 11.6 Å². The number of ether oxygens (including phenoxy) is 1. The number of nitrogens with one attached hydrogen (secondary N) is 1. The second kappa shape index (κ2) is 8.02. The van der Waals surface area contributed by atoms with Crippen LogP contribution in [0.1, 0.15) is 20.3 Å². The standard InChI is InChI=1S/C14H20ClNO3/c1-10(2)13(9-17)16-14(18)6-7-19-12-5-3-4-11(15)8-12/h3-5,8,10,13,17H,6-7,9H2,1-2H3,(H,16,18)/t13-/m1/s1. The summed E-state index contributed by atoms with van der Waals surface area (Å²) in [6.45, 7) is 4.12. The molecule has 0 fully saturated rings. The molecule has 0 bridgehead atoms. The number of aliphatic hydroxyl groups is 1.